The van der Waals surface area contributed by atoms with Crippen LogP contribution in [0.25, 0.3) is 0 Å². The summed E-state index contributed by atoms with van der Waals surface area (Å²) in [5, 5.41) is 7.21. The third-order valence-electron chi connectivity index (χ3n) is 4.84. The SMILES string of the molecule is CCOc1ccc(NC(=O)CCNC(=O)c2cccs2)cc1S(=O)(=O)N1CCCCC1. The molecule has 0 radical (unpaired) electrons. The summed E-state index contributed by atoms with van der Waals surface area (Å²) in [6.07, 6.45) is 2.75. The number of nitrogens with one attached hydrogen (secondary N) is 2. The number of sulfonamides is 1. The quantitative estimate of drug-likeness (QED) is 0.592. The number of amides is 2. The summed E-state index contributed by atoms with van der Waals surface area (Å²) in [5.74, 6) is -0.273. The van der Waals surface area contributed by atoms with Gasteiger partial charge in [-0.25, -0.2) is 8.42 Å². The van der Waals surface area contributed by atoms with Crippen LogP contribution in [0, 0.1) is 0 Å². The van der Waals surface area contributed by atoms with Crippen LogP contribution in [0.3, 0.4) is 0 Å². The van der Waals surface area contributed by atoms with Gasteiger partial charge in [0.1, 0.15) is 10.6 Å². The van der Waals surface area contributed by atoms with Gasteiger partial charge >= 0.3 is 0 Å². The van der Waals surface area contributed by atoms with Gasteiger partial charge in [0.2, 0.25) is 15.9 Å². The molecule has 168 valence electrons. The number of rotatable bonds is 9. The highest BCUT2D eigenvalue weighted by atomic mass is 32.2. The minimum Gasteiger partial charge on any atom is -0.492 e. The Kier molecular flexibility index (Phi) is 8.05. The molecule has 1 aromatic heterocycles. The van der Waals surface area contributed by atoms with E-state index in [2.05, 4.69) is 10.6 Å². The first-order valence-corrected chi connectivity index (χ1v) is 12.6. The molecule has 1 aliphatic heterocycles. The van der Waals surface area contributed by atoms with E-state index in [9.17, 15) is 18.0 Å². The topological polar surface area (TPSA) is 105 Å². The van der Waals surface area contributed by atoms with E-state index in [1.807, 2.05) is 5.38 Å². The van der Waals surface area contributed by atoms with Gasteiger partial charge in [-0.1, -0.05) is 12.5 Å². The van der Waals surface area contributed by atoms with Crippen LogP contribution < -0.4 is 15.4 Å². The average Bonchev–Trinajstić information content (AvgIpc) is 3.30. The predicted molar refractivity (Wildman–Crippen MR) is 120 cm³/mol. The molecule has 2 amide bonds. The summed E-state index contributed by atoms with van der Waals surface area (Å²) >= 11 is 1.33. The highest BCUT2D eigenvalue weighted by Gasteiger charge is 2.29. The van der Waals surface area contributed by atoms with Crippen molar-refractivity contribution in [2.45, 2.75) is 37.5 Å². The number of hydrogen-bond acceptors (Lipinski definition) is 6. The molecular weight excluding hydrogens is 438 g/mol. The van der Waals surface area contributed by atoms with Gasteiger partial charge in [-0.05, 0) is 49.4 Å². The summed E-state index contributed by atoms with van der Waals surface area (Å²) in [6.45, 7) is 3.26. The van der Waals surface area contributed by atoms with E-state index >= 15 is 0 Å². The van der Waals surface area contributed by atoms with Gasteiger partial charge in [0.15, 0.2) is 0 Å². The Morgan fingerprint density at radius 3 is 2.61 bits per heavy atom. The van der Waals surface area contributed by atoms with E-state index in [1.165, 1.54) is 21.7 Å². The molecule has 8 nitrogen and oxygen atoms in total. The highest BCUT2D eigenvalue weighted by Crippen LogP contribution is 2.31. The Morgan fingerprint density at radius 1 is 1.16 bits per heavy atom. The van der Waals surface area contributed by atoms with Crippen molar-refractivity contribution in [3.05, 3.63) is 40.6 Å². The van der Waals surface area contributed by atoms with Crippen LogP contribution in [0.1, 0.15) is 42.3 Å². The smallest absolute Gasteiger partial charge is 0.261 e. The van der Waals surface area contributed by atoms with Gasteiger partial charge in [0, 0.05) is 31.7 Å². The molecule has 2 N–H and O–H groups in total. The third kappa shape index (κ3) is 6.05. The van der Waals surface area contributed by atoms with Crippen molar-refractivity contribution in [2.24, 2.45) is 0 Å². The molecule has 1 aliphatic rings. The number of ether oxygens (including phenoxy) is 1. The molecule has 0 aliphatic carbocycles. The number of hydrogen-bond donors (Lipinski definition) is 2. The van der Waals surface area contributed by atoms with Crippen molar-refractivity contribution in [3.63, 3.8) is 0 Å². The van der Waals surface area contributed by atoms with Gasteiger partial charge in [-0.3, -0.25) is 9.59 Å². The van der Waals surface area contributed by atoms with E-state index in [4.69, 9.17) is 4.74 Å². The maximum absolute atomic E-state index is 13.2. The van der Waals surface area contributed by atoms with Gasteiger partial charge in [0.25, 0.3) is 5.91 Å². The molecule has 0 spiro atoms. The molecule has 0 atom stereocenters. The summed E-state index contributed by atoms with van der Waals surface area (Å²) in [6, 6.07) is 8.12. The maximum atomic E-state index is 13.2. The molecule has 1 fully saturated rings. The lowest BCUT2D eigenvalue weighted by Gasteiger charge is -2.27. The molecule has 0 unspecified atom stereocenters. The molecule has 2 aromatic rings. The van der Waals surface area contributed by atoms with E-state index in [1.54, 1.807) is 31.2 Å². The number of nitrogens with zero attached hydrogens (tertiary/aromatic N) is 1. The zero-order valence-electron chi connectivity index (χ0n) is 17.4. The van der Waals surface area contributed by atoms with Crippen LogP contribution in [0.15, 0.2) is 40.6 Å². The number of thiophene rings is 1. The van der Waals surface area contributed by atoms with E-state index in [0.717, 1.165) is 19.3 Å². The molecule has 1 aromatic carbocycles. The van der Waals surface area contributed by atoms with Crippen molar-refractivity contribution < 1.29 is 22.7 Å². The lowest BCUT2D eigenvalue weighted by atomic mass is 10.2. The lowest BCUT2D eigenvalue weighted by Crippen LogP contribution is -2.35. The number of anilines is 1. The van der Waals surface area contributed by atoms with Crippen LogP contribution in [0.4, 0.5) is 5.69 Å². The van der Waals surface area contributed by atoms with E-state index in [0.29, 0.717) is 30.3 Å². The number of carbonyl (C=O) groups excluding carboxylic acids is 2. The van der Waals surface area contributed by atoms with Crippen LogP contribution in [0.5, 0.6) is 5.75 Å². The fourth-order valence-electron chi connectivity index (χ4n) is 3.31. The molecule has 31 heavy (non-hydrogen) atoms. The Balaban J connectivity index is 1.66. The first-order valence-electron chi connectivity index (χ1n) is 10.3. The predicted octanol–water partition coefficient (Wildman–Crippen LogP) is 3.08. The fraction of sp³-hybridized carbons (Fsp3) is 0.429. The lowest BCUT2D eigenvalue weighted by molar-refractivity contribution is -0.116. The fourth-order valence-corrected chi connectivity index (χ4v) is 5.63. The number of benzene rings is 1. The maximum Gasteiger partial charge on any atom is 0.261 e. The molecule has 2 heterocycles. The first-order chi connectivity index (χ1) is 14.9. The minimum absolute atomic E-state index is 0.0556. The summed E-state index contributed by atoms with van der Waals surface area (Å²) in [4.78, 5) is 24.9. The van der Waals surface area contributed by atoms with E-state index < -0.39 is 10.0 Å². The average molecular weight is 466 g/mol. The Hall–Kier alpha value is -2.43. The zero-order chi connectivity index (χ0) is 22.3. The second-order valence-corrected chi connectivity index (χ2v) is 9.94. The van der Waals surface area contributed by atoms with Crippen molar-refractivity contribution in [2.75, 3.05) is 31.6 Å². The highest BCUT2D eigenvalue weighted by molar-refractivity contribution is 7.89. The van der Waals surface area contributed by atoms with Crippen LogP contribution >= 0.6 is 11.3 Å². The standard InChI is InChI=1S/C21H27N3O5S2/c1-2-29-17-9-8-16(15-19(17)31(27,28)24-12-4-3-5-13-24)23-20(25)10-11-22-21(26)18-7-6-14-30-18/h6-9,14-15H,2-5,10-13H2,1H3,(H,22,26)(H,23,25). The molecule has 1 saturated heterocycles. The third-order valence-corrected chi connectivity index (χ3v) is 7.63. The number of carbonyl (C=O) groups is 2. The number of piperidine rings is 1. The van der Waals surface area contributed by atoms with Crippen molar-refractivity contribution in [3.8, 4) is 5.75 Å². The van der Waals surface area contributed by atoms with Crippen LogP contribution in [-0.4, -0.2) is 50.8 Å². The van der Waals surface area contributed by atoms with Gasteiger partial charge in [-0.15, -0.1) is 11.3 Å². The first kappa shape index (κ1) is 23.2. The Bertz CT molecular complexity index is 1000. The summed E-state index contributed by atoms with van der Waals surface area (Å²) in [7, 11) is -3.73. The second kappa shape index (κ2) is 10.7. The minimum atomic E-state index is -3.73. The van der Waals surface area contributed by atoms with Crippen LogP contribution in [0.2, 0.25) is 0 Å². The Morgan fingerprint density at radius 2 is 1.94 bits per heavy atom. The van der Waals surface area contributed by atoms with E-state index in [-0.39, 0.29) is 35.4 Å². The second-order valence-electron chi connectivity index (χ2n) is 7.09. The normalized spacial score (nSPS) is 14.7. The molecule has 10 heteroatoms. The van der Waals surface area contributed by atoms with Gasteiger partial charge in [-0.2, -0.15) is 4.31 Å². The van der Waals surface area contributed by atoms with Gasteiger partial charge in [0.05, 0.1) is 11.5 Å². The van der Waals surface area contributed by atoms with Crippen molar-refractivity contribution >= 4 is 38.9 Å². The Labute approximate surface area is 186 Å². The van der Waals surface area contributed by atoms with Crippen LogP contribution in [-0.2, 0) is 14.8 Å². The summed E-state index contributed by atoms with van der Waals surface area (Å²) in [5.41, 5.74) is 0.369. The summed E-state index contributed by atoms with van der Waals surface area (Å²) < 4.78 is 33.3. The molecule has 3 rings (SSSR count). The van der Waals surface area contributed by atoms with Crippen molar-refractivity contribution in [1.29, 1.82) is 0 Å². The largest absolute Gasteiger partial charge is 0.492 e. The molecule has 0 saturated carbocycles. The zero-order valence-corrected chi connectivity index (χ0v) is 19.1. The van der Waals surface area contributed by atoms with Gasteiger partial charge < -0.3 is 15.4 Å². The monoisotopic (exact) mass is 465 g/mol. The molecule has 0 bridgehead atoms. The van der Waals surface area contributed by atoms with Crippen molar-refractivity contribution in [1.82, 2.24) is 9.62 Å². The molecular formula is C21H27N3O5S2.